The molecule has 0 saturated heterocycles. The van der Waals surface area contributed by atoms with E-state index in [1.54, 1.807) is 25.3 Å². The van der Waals surface area contributed by atoms with Crippen molar-refractivity contribution in [3.05, 3.63) is 48.0 Å². The van der Waals surface area contributed by atoms with Gasteiger partial charge >= 0.3 is 5.95 Å². The van der Waals surface area contributed by atoms with E-state index in [2.05, 4.69) is 10.3 Å². The van der Waals surface area contributed by atoms with Gasteiger partial charge in [0.25, 0.3) is 0 Å². The van der Waals surface area contributed by atoms with E-state index in [1.165, 1.54) is 7.11 Å². The molecule has 0 fully saturated rings. The average Bonchev–Trinajstić information content (AvgIpc) is 3.03. The summed E-state index contributed by atoms with van der Waals surface area (Å²) in [5.41, 5.74) is 2.35. The van der Waals surface area contributed by atoms with Crippen molar-refractivity contribution in [2.45, 2.75) is 6.54 Å². The minimum absolute atomic E-state index is 0.00100. The summed E-state index contributed by atoms with van der Waals surface area (Å²) in [4.78, 5) is 16.1. The molecule has 3 N–H and O–H groups in total. The molecule has 1 heterocycles. The minimum Gasteiger partial charge on any atom is -0.493 e. The first-order valence-corrected chi connectivity index (χ1v) is 8.28. The molecule has 0 saturated carbocycles. The van der Waals surface area contributed by atoms with E-state index in [9.17, 15) is 4.79 Å². The van der Waals surface area contributed by atoms with Crippen LogP contribution in [0.4, 0.5) is 5.95 Å². The van der Waals surface area contributed by atoms with Gasteiger partial charge in [-0.25, -0.2) is 9.55 Å². The number of aliphatic hydroxyl groups is 1. The maximum Gasteiger partial charge on any atom is 0.356 e. The number of nitrogens with one attached hydrogen (secondary N) is 2. The van der Waals surface area contributed by atoms with Crippen LogP contribution in [0.1, 0.15) is 10.4 Å². The number of fused-ring (bicyclic) bond motifs is 1. The Morgan fingerprint density at radius 1 is 1.15 bits per heavy atom. The molecule has 0 bridgehead atoms. The van der Waals surface area contributed by atoms with Crippen LogP contribution in [0.2, 0.25) is 0 Å². The van der Waals surface area contributed by atoms with E-state index in [-0.39, 0.29) is 18.9 Å². The summed E-state index contributed by atoms with van der Waals surface area (Å²) >= 11 is 0. The van der Waals surface area contributed by atoms with Crippen molar-refractivity contribution in [3.8, 4) is 11.5 Å². The Morgan fingerprint density at radius 2 is 1.92 bits per heavy atom. The quantitative estimate of drug-likeness (QED) is 0.423. The van der Waals surface area contributed by atoms with Gasteiger partial charge in [0.1, 0.15) is 17.6 Å². The molecular formula is C19H22N3O4+. The number of H-pyrrole nitrogens is 1. The molecule has 3 rings (SSSR count). The number of methoxy groups -OCH3 is 2. The Bertz CT molecular complexity index is 920. The number of para-hydroxylation sites is 2. The molecule has 3 aromatic rings. The van der Waals surface area contributed by atoms with Crippen molar-refractivity contribution >= 4 is 22.8 Å². The number of rotatable bonds is 8. The Labute approximate surface area is 151 Å². The van der Waals surface area contributed by atoms with E-state index in [4.69, 9.17) is 14.6 Å². The van der Waals surface area contributed by atoms with Crippen molar-refractivity contribution in [1.82, 2.24) is 4.98 Å². The Kier molecular flexibility index (Phi) is 5.38. The minimum atomic E-state index is -0.0623. The molecule has 7 heteroatoms. The van der Waals surface area contributed by atoms with Crippen molar-refractivity contribution < 1.29 is 23.9 Å². The number of carbonyl (C=O) groups excluding carboxylic acids is 1. The second kappa shape index (κ2) is 7.88. The molecule has 26 heavy (non-hydrogen) atoms. The van der Waals surface area contributed by atoms with Gasteiger partial charge in [-0.2, -0.15) is 0 Å². The molecule has 0 unspecified atom stereocenters. The summed E-state index contributed by atoms with van der Waals surface area (Å²) in [6.45, 7) is 0.531. The van der Waals surface area contributed by atoms with Crippen molar-refractivity contribution in [1.29, 1.82) is 0 Å². The summed E-state index contributed by atoms with van der Waals surface area (Å²) in [5.74, 6) is 1.71. The number of aliphatic hydroxyl groups excluding tert-OH is 1. The largest absolute Gasteiger partial charge is 0.493 e. The van der Waals surface area contributed by atoms with Gasteiger partial charge in [-0.1, -0.05) is 12.1 Å². The highest BCUT2D eigenvalue weighted by Gasteiger charge is 2.20. The van der Waals surface area contributed by atoms with E-state index in [0.717, 1.165) is 11.0 Å². The number of ether oxygens (including phenoxy) is 2. The third kappa shape index (κ3) is 3.48. The van der Waals surface area contributed by atoms with Gasteiger partial charge in [0.15, 0.2) is 17.3 Å². The fraction of sp³-hybridized carbons (Fsp3) is 0.263. The SMILES string of the molecule is COc1ccc(C(=O)C[n+]2c(NCCO)[nH]c3ccccc32)cc1OC. The average molecular weight is 356 g/mol. The van der Waals surface area contributed by atoms with Gasteiger partial charge in [0, 0.05) is 5.56 Å². The molecule has 0 spiro atoms. The lowest BCUT2D eigenvalue weighted by molar-refractivity contribution is -0.642. The monoisotopic (exact) mass is 356 g/mol. The van der Waals surface area contributed by atoms with Crippen LogP contribution < -0.4 is 19.4 Å². The molecule has 0 amide bonds. The Hall–Kier alpha value is -3.06. The summed E-state index contributed by atoms with van der Waals surface area (Å²) in [6.07, 6.45) is 0. The molecule has 136 valence electrons. The second-order valence-corrected chi connectivity index (χ2v) is 5.72. The first kappa shape index (κ1) is 17.8. The van der Waals surface area contributed by atoms with Gasteiger partial charge in [-0.3, -0.25) is 10.1 Å². The number of ketones is 1. The zero-order valence-electron chi connectivity index (χ0n) is 14.8. The third-order valence-corrected chi connectivity index (χ3v) is 4.13. The topological polar surface area (TPSA) is 87.5 Å². The number of aromatic amines is 1. The Morgan fingerprint density at radius 3 is 2.65 bits per heavy atom. The summed E-state index contributed by atoms with van der Waals surface area (Å²) in [6, 6.07) is 12.8. The Balaban J connectivity index is 1.93. The van der Waals surface area contributed by atoms with Gasteiger partial charge in [0.2, 0.25) is 0 Å². The number of imidazole rings is 1. The van der Waals surface area contributed by atoms with Crippen LogP contribution in [0.3, 0.4) is 0 Å². The highest BCUT2D eigenvalue weighted by Crippen LogP contribution is 2.27. The molecule has 1 aromatic heterocycles. The number of hydrogen-bond donors (Lipinski definition) is 3. The van der Waals surface area contributed by atoms with Crippen molar-refractivity contribution in [2.75, 3.05) is 32.7 Å². The van der Waals surface area contributed by atoms with Crippen LogP contribution in [-0.2, 0) is 6.54 Å². The summed E-state index contributed by atoms with van der Waals surface area (Å²) in [7, 11) is 3.09. The van der Waals surface area contributed by atoms with Crippen LogP contribution in [0.5, 0.6) is 11.5 Å². The normalized spacial score (nSPS) is 10.7. The van der Waals surface area contributed by atoms with Crippen LogP contribution >= 0.6 is 0 Å². The van der Waals surface area contributed by atoms with Crippen LogP contribution in [0.25, 0.3) is 11.0 Å². The zero-order chi connectivity index (χ0) is 18.5. The first-order valence-electron chi connectivity index (χ1n) is 8.28. The number of nitrogens with zero attached hydrogens (tertiary/aromatic N) is 1. The predicted octanol–water partition coefficient (Wildman–Crippen LogP) is 1.76. The molecule has 0 aliphatic carbocycles. The molecule has 0 radical (unpaired) electrons. The fourth-order valence-corrected chi connectivity index (χ4v) is 2.85. The van der Waals surface area contributed by atoms with Gasteiger partial charge in [-0.15, -0.1) is 0 Å². The number of Topliss-reactive ketones (excluding diaryl/α,β-unsaturated/α-hetero) is 1. The van der Waals surface area contributed by atoms with E-state index < -0.39 is 0 Å². The summed E-state index contributed by atoms with van der Waals surface area (Å²) in [5, 5.41) is 12.2. The fourth-order valence-electron chi connectivity index (χ4n) is 2.85. The van der Waals surface area contributed by atoms with Crippen LogP contribution in [0, 0.1) is 0 Å². The zero-order valence-corrected chi connectivity index (χ0v) is 14.8. The molecule has 0 aliphatic heterocycles. The number of anilines is 1. The van der Waals surface area contributed by atoms with Gasteiger partial charge in [-0.05, 0) is 30.3 Å². The number of hydrogen-bond acceptors (Lipinski definition) is 5. The highest BCUT2D eigenvalue weighted by atomic mass is 16.5. The predicted molar refractivity (Wildman–Crippen MR) is 97.9 cm³/mol. The van der Waals surface area contributed by atoms with E-state index >= 15 is 0 Å². The lowest BCUT2D eigenvalue weighted by atomic mass is 10.1. The van der Waals surface area contributed by atoms with E-state index in [0.29, 0.717) is 29.6 Å². The third-order valence-electron chi connectivity index (χ3n) is 4.13. The maximum absolute atomic E-state index is 12.8. The van der Waals surface area contributed by atoms with Crippen LogP contribution in [-0.4, -0.2) is 43.2 Å². The van der Waals surface area contributed by atoms with Crippen molar-refractivity contribution in [3.63, 3.8) is 0 Å². The smallest absolute Gasteiger partial charge is 0.356 e. The maximum atomic E-state index is 12.8. The molecular weight excluding hydrogens is 334 g/mol. The molecule has 7 nitrogen and oxygen atoms in total. The summed E-state index contributed by atoms with van der Waals surface area (Å²) < 4.78 is 12.4. The molecule has 2 aromatic carbocycles. The number of carbonyl (C=O) groups is 1. The van der Waals surface area contributed by atoms with Gasteiger partial charge in [0.05, 0.1) is 27.4 Å². The number of aromatic nitrogens is 2. The standard InChI is InChI=1S/C19H21N3O4/c1-25-17-8-7-13(11-18(17)26-2)16(24)12-22-15-6-4-3-5-14(15)21-19(22)20-9-10-23/h3-8,11,23H,9-10,12H2,1-2H3,(H,20,21)/p+1. The highest BCUT2D eigenvalue weighted by molar-refractivity contribution is 5.96. The first-order chi connectivity index (χ1) is 12.7. The lowest BCUT2D eigenvalue weighted by Gasteiger charge is -2.09. The van der Waals surface area contributed by atoms with Gasteiger partial charge < -0.3 is 14.6 Å². The van der Waals surface area contributed by atoms with E-state index in [1.807, 2.05) is 28.8 Å². The van der Waals surface area contributed by atoms with Crippen LogP contribution in [0.15, 0.2) is 42.5 Å². The molecule has 0 aliphatic rings. The molecule has 0 atom stereocenters. The second-order valence-electron chi connectivity index (χ2n) is 5.72. The van der Waals surface area contributed by atoms with Crippen molar-refractivity contribution in [2.24, 2.45) is 0 Å². The lowest BCUT2D eigenvalue weighted by Crippen LogP contribution is -2.40. The number of benzene rings is 2.